The fourth-order valence-electron chi connectivity index (χ4n) is 2.17. The number of alkyl halides is 1. The number of hydrogen-bond donors (Lipinski definition) is 1. The van der Waals surface area contributed by atoms with Crippen molar-refractivity contribution in [2.45, 2.75) is 57.9 Å². The summed E-state index contributed by atoms with van der Waals surface area (Å²) in [6.07, 6.45) is 1.99. The van der Waals surface area contributed by atoms with Crippen LogP contribution in [0, 0.1) is 5.92 Å². The van der Waals surface area contributed by atoms with Gasteiger partial charge in [-0.2, -0.15) is 0 Å². The minimum atomic E-state index is -0.589. The molecule has 122 valence electrons. The molecule has 1 saturated heterocycles. The zero-order chi connectivity index (χ0) is 16.0. The van der Waals surface area contributed by atoms with Gasteiger partial charge < -0.3 is 15.0 Å². The Morgan fingerprint density at radius 3 is 2.43 bits per heavy atom. The van der Waals surface area contributed by atoms with Crippen LogP contribution in [-0.4, -0.2) is 47.5 Å². The van der Waals surface area contributed by atoms with E-state index in [4.69, 9.17) is 16.3 Å². The second kappa shape index (κ2) is 7.87. The molecule has 0 aromatic rings. The van der Waals surface area contributed by atoms with E-state index in [0.29, 0.717) is 18.9 Å². The molecule has 6 heteroatoms. The number of nitrogens with zero attached hydrogens (tertiary/aromatic N) is 1. The molecule has 0 bridgehead atoms. The lowest BCUT2D eigenvalue weighted by molar-refractivity contribution is -0.132. The zero-order valence-corrected chi connectivity index (χ0v) is 14.2. The third-order valence-electron chi connectivity index (χ3n) is 3.43. The molecule has 0 aromatic heterocycles. The van der Waals surface area contributed by atoms with Gasteiger partial charge in [0.1, 0.15) is 11.0 Å². The summed E-state index contributed by atoms with van der Waals surface area (Å²) >= 11 is 6.13. The first-order valence-corrected chi connectivity index (χ1v) is 8.02. The molecule has 0 aromatic carbocycles. The smallest absolute Gasteiger partial charge is 0.407 e. The molecule has 1 rings (SSSR count). The molecule has 1 N–H and O–H groups in total. The molecule has 0 saturated carbocycles. The van der Waals surface area contributed by atoms with Gasteiger partial charge >= 0.3 is 6.09 Å². The predicted octanol–water partition coefficient (Wildman–Crippen LogP) is 2.77. The first kappa shape index (κ1) is 18.1. The highest BCUT2D eigenvalue weighted by Crippen LogP contribution is 2.18. The van der Waals surface area contributed by atoms with Crippen molar-refractivity contribution in [2.75, 3.05) is 19.6 Å². The number of carbonyl (C=O) groups is 2. The molecule has 1 atom stereocenters. The van der Waals surface area contributed by atoms with Crippen LogP contribution in [0.3, 0.4) is 0 Å². The average molecular weight is 319 g/mol. The molecule has 0 radical (unpaired) electrons. The van der Waals surface area contributed by atoms with E-state index in [1.165, 1.54) is 0 Å². The lowest BCUT2D eigenvalue weighted by Crippen LogP contribution is -2.43. The van der Waals surface area contributed by atoms with Gasteiger partial charge in [0, 0.05) is 19.6 Å². The highest BCUT2D eigenvalue weighted by Gasteiger charge is 2.25. The van der Waals surface area contributed by atoms with E-state index in [9.17, 15) is 9.59 Å². The Bertz CT molecular complexity index is 360. The van der Waals surface area contributed by atoms with E-state index in [0.717, 1.165) is 25.9 Å². The summed E-state index contributed by atoms with van der Waals surface area (Å²) in [6.45, 7) is 9.50. The van der Waals surface area contributed by atoms with Gasteiger partial charge in [0.2, 0.25) is 5.91 Å². The summed E-state index contributed by atoms with van der Waals surface area (Å²) in [5.74, 6) is 0.645. The number of rotatable bonds is 4. The van der Waals surface area contributed by atoms with Crippen molar-refractivity contribution in [2.24, 2.45) is 5.92 Å². The lowest BCUT2D eigenvalue weighted by atomic mass is 9.99. The van der Waals surface area contributed by atoms with Gasteiger partial charge in [0.15, 0.2) is 0 Å². The van der Waals surface area contributed by atoms with Gasteiger partial charge in [-0.3, -0.25) is 4.79 Å². The lowest BCUT2D eigenvalue weighted by Gasteiger charge is -2.31. The Morgan fingerprint density at radius 1 is 1.33 bits per heavy atom. The summed E-state index contributed by atoms with van der Waals surface area (Å²) in [5.41, 5.74) is -0.523. The molecular weight excluding hydrogens is 292 g/mol. The van der Waals surface area contributed by atoms with Gasteiger partial charge in [0.05, 0.1) is 0 Å². The van der Waals surface area contributed by atoms with Gasteiger partial charge in [-0.1, -0.05) is 6.92 Å². The third kappa shape index (κ3) is 7.02. The standard InChI is InChI=1S/C15H27ClN2O3/c1-11-6-9-18(10-7-11)13(19)12(16)5-8-17-14(20)21-15(2,3)4/h11-12H,5-10H2,1-4H3,(H,17,20). The highest BCUT2D eigenvalue weighted by atomic mass is 35.5. The minimum Gasteiger partial charge on any atom is -0.444 e. The number of ether oxygens (including phenoxy) is 1. The second-order valence-electron chi connectivity index (χ2n) is 6.69. The van der Waals surface area contributed by atoms with Crippen LogP contribution < -0.4 is 5.32 Å². The van der Waals surface area contributed by atoms with E-state index in [-0.39, 0.29) is 5.91 Å². The predicted molar refractivity (Wildman–Crippen MR) is 83.5 cm³/mol. The van der Waals surface area contributed by atoms with Crippen molar-refractivity contribution < 1.29 is 14.3 Å². The number of nitrogens with one attached hydrogen (secondary N) is 1. The quantitative estimate of drug-likeness (QED) is 0.811. The summed E-state index contributed by atoms with van der Waals surface area (Å²) in [5, 5.41) is 2.03. The Hall–Kier alpha value is -0.970. The van der Waals surface area contributed by atoms with Crippen LogP contribution in [-0.2, 0) is 9.53 Å². The largest absolute Gasteiger partial charge is 0.444 e. The molecule has 1 heterocycles. The SMILES string of the molecule is CC1CCN(C(=O)C(Cl)CCNC(=O)OC(C)(C)C)CC1. The number of alkyl carbamates (subject to hydrolysis) is 1. The molecular formula is C15H27ClN2O3. The maximum Gasteiger partial charge on any atom is 0.407 e. The van der Waals surface area contributed by atoms with Crippen molar-refractivity contribution >= 4 is 23.6 Å². The highest BCUT2D eigenvalue weighted by molar-refractivity contribution is 6.30. The molecule has 1 aliphatic heterocycles. The van der Waals surface area contributed by atoms with E-state index >= 15 is 0 Å². The van der Waals surface area contributed by atoms with Gasteiger partial charge in [-0.15, -0.1) is 11.6 Å². The summed E-state index contributed by atoms with van der Waals surface area (Å²) < 4.78 is 5.12. The molecule has 1 fully saturated rings. The first-order valence-electron chi connectivity index (χ1n) is 7.59. The van der Waals surface area contributed by atoms with Crippen LogP contribution in [0.2, 0.25) is 0 Å². The molecule has 5 nitrogen and oxygen atoms in total. The summed E-state index contributed by atoms with van der Waals surface area (Å²) in [7, 11) is 0. The Kier molecular flexibility index (Phi) is 6.78. The minimum absolute atomic E-state index is 0.0328. The van der Waals surface area contributed by atoms with Crippen LogP contribution in [0.1, 0.15) is 47.0 Å². The van der Waals surface area contributed by atoms with Gasteiger partial charge in [-0.05, 0) is 46.0 Å². The van der Waals surface area contributed by atoms with Crippen molar-refractivity contribution in [3.8, 4) is 0 Å². The van der Waals surface area contributed by atoms with Crippen LogP contribution in [0.25, 0.3) is 0 Å². The Balaban J connectivity index is 2.25. The number of amides is 2. The van der Waals surface area contributed by atoms with Crippen molar-refractivity contribution in [3.05, 3.63) is 0 Å². The molecule has 21 heavy (non-hydrogen) atoms. The molecule has 2 amide bonds. The van der Waals surface area contributed by atoms with Crippen molar-refractivity contribution in [1.29, 1.82) is 0 Å². The third-order valence-corrected chi connectivity index (χ3v) is 3.83. The Morgan fingerprint density at radius 2 is 1.90 bits per heavy atom. The molecule has 0 aliphatic carbocycles. The number of likely N-dealkylation sites (tertiary alicyclic amines) is 1. The van der Waals surface area contributed by atoms with Crippen LogP contribution in [0.4, 0.5) is 4.79 Å². The van der Waals surface area contributed by atoms with Crippen LogP contribution in [0.5, 0.6) is 0 Å². The summed E-state index contributed by atoms with van der Waals surface area (Å²) in [6, 6.07) is 0. The maximum atomic E-state index is 12.2. The van der Waals surface area contributed by atoms with Crippen molar-refractivity contribution in [1.82, 2.24) is 10.2 Å². The summed E-state index contributed by atoms with van der Waals surface area (Å²) in [4.78, 5) is 25.5. The van der Waals surface area contributed by atoms with E-state index in [1.807, 2.05) is 4.90 Å². The van der Waals surface area contributed by atoms with E-state index < -0.39 is 17.1 Å². The normalized spacial score (nSPS) is 18.2. The zero-order valence-electron chi connectivity index (χ0n) is 13.4. The number of piperidine rings is 1. The van der Waals surface area contributed by atoms with Crippen LogP contribution >= 0.6 is 11.6 Å². The first-order chi connectivity index (χ1) is 9.69. The maximum absolute atomic E-state index is 12.2. The fourth-order valence-corrected chi connectivity index (χ4v) is 2.41. The topological polar surface area (TPSA) is 58.6 Å². The van der Waals surface area contributed by atoms with Gasteiger partial charge in [-0.25, -0.2) is 4.79 Å². The molecule has 1 aliphatic rings. The number of hydrogen-bond acceptors (Lipinski definition) is 3. The Labute approximate surface area is 132 Å². The van der Waals surface area contributed by atoms with Crippen molar-refractivity contribution in [3.63, 3.8) is 0 Å². The monoisotopic (exact) mass is 318 g/mol. The average Bonchev–Trinajstić information content (AvgIpc) is 2.36. The molecule has 0 spiro atoms. The van der Waals surface area contributed by atoms with Crippen LogP contribution in [0.15, 0.2) is 0 Å². The van der Waals surface area contributed by atoms with E-state index in [1.54, 1.807) is 20.8 Å². The number of halogens is 1. The number of carbonyl (C=O) groups excluding carboxylic acids is 2. The second-order valence-corrected chi connectivity index (χ2v) is 7.22. The van der Waals surface area contributed by atoms with Gasteiger partial charge in [0.25, 0.3) is 0 Å². The molecule has 1 unspecified atom stereocenters. The van der Waals surface area contributed by atoms with E-state index in [2.05, 4.69) is 12.2 Å². The fraction of sp³-hybridized carbons (Fsp3) is 0.867.